The van der Waals surface area contributed by atoms with E-state index in [1.807, 2.05) is 18.2 Å². The number of aliphatic hydroxyl groups is 1. The number of rotatable bonds is 3. The van der Waals surface area contributed by atoms with Gasteiger partial charge in [0.05, 0.1) is 12.1 Å². The first-order valence-electron chi connectivity index (χ1n) is 6.96. The Bertz CT molecular complexity index is 613. The standard InChI is InChI=1S/C17H18BrNO/c18-14-7-3-8-15(11-14)19-17(12-20)10-4-6-13-5-1-2-9-16(13)17/h1-3,5,7-9,11,19-20H,4,6,10,12H2. The van der Waals surface area contributed by atoms with Gasteiger partial charge in [0.15, 0.2) is 0 Å². The number of hydrogen-bond acceptors (Lipinski definition) is 2. The molecular weight excluding hydrogens is 314 g/mol. The molecule has 104 valence electrons. The van der Waals surface area contributed by atoms with E-state index < -0.39 is 0 Å². The fourth-order valence-electron chi connectivity index (χ4n) is 3.10. The summed E-state index contributed by atoms with van der Waals surface area (Å²) < 4.78 is 1.04. The molecule has 1 atom stereocenters. The van der Waals surface area contributed by atoms with Gasteiger partial charge in [0.2, 0.25) is 0 Å². The lowest BCUT2D eigenvalue weighted by atomic mass is 9.77. The lowest BCUT2D eigenvalue weighted by Gasteiger charge is -2.39. The molecule has 2 nitrogen and oxygen atoms in total. The van der Waals surface area contributed by atoms with E-state index in [1.54, 1.807) is 0 Å². The third-order valence-corrected chi connectivity index (χ3v) is 4.55. The maximum atomic E-state index is 10.0. The molecule has 2 aromatic carbocycles. The molecule has 0 saturated heterocycles. The molecule has 0 aromatic heterocycles. The van der Waals surface area contributed by atoms with Crippen molar-refractivity contribution < 1.29 is 5.11 Å². The number of aliphatic hydroxyl groups excluding tert-OH is 1. The van der Waals surface area contributed by atoms with Gasteiger partial charge in [-0.1, -0.05) is 46.3 Å². The van der Waals surface area contributed by atoms with Gasteiger partial charge in [-0.15, -0.1) is 0 Å². The van der Waals surface area contributed by atoms with E-state index >= 15 is 0 Å². The van der Waals surface area contributed by atoms with Crippen molar-refractivity contribution in [3.05, 3.63) is 64.1 Å². The average molecular weight is 332 g/mol. The zero-order valence-electron chi connectivity index (χ0n) is 11.3. The molecule has 2 N–H and O–H groups in total. The normalized spacial score (nSPS) is 21.3. The summed E-state index contributed by atoms with van der Waals surface area (Å²) in [4.78, 5) is 0. The van der Waals surface area contributed by atoms with Gasteiger partial charge in [0.1, 0.15) is 0 Å². The monoisotopic (exact) mass is 331 g/mol. The smallest absolute Gasteiger partial charge is 0.0859 e. The van der Waals surface area contributed by atoms with Gasteiger partial charge in [0.25, 0.3) is 0 Å². The Balaban J connectivity index is 2.00. The molecule has 1 aliphatic rings. The first kappa shape index (κ1) is 13.7. The third-order valence-electron chi connectivity index (χ3n) is 4.06. The lowest BCUT2D eigenvalue weighted by molar-refractivity contribution is 0.194. The Morgan fingerprint density at radius 3 is 2.80 bits per heavy atom. The number of aryl methyl sites for hydroxylation is 1. The largest absolute Gasteiger partial charge is 0.394 e. The van der Waals surface area contributed by atoms with Gasteiger partial charge in [-0.2, -0.15) is 0 Å². The van der Waals surface area contributed by atoms with E-state index in [-0.39, 0.29) is 12.1 Å². The first-order valence-corrected chi connectivity index (χ1v) is 7.76. The van der Waals surface area contributed by atoms with Gasteiger partial charge in [-0.05, 0) is 48.6 Å². The highest BCUT2D eigenvalue weighted by molar-refractivity contribution is 9.10. The van der Waals surface area contributed by atoms with Crippen LogP contribution in [0.25, 0.3) is 0 Å². The van der Waals surface area contributed by atoms with Crippen molar-refractivity contribution in [1.29, 1.82) is 0 Å². The number of anilines is 1. The first-order chi connectivity index (χ1) is 9.73. The summed E-state index contributed by atoms with van der Waals surface area (Å²) in [6, 6.07) is 16.5. The third kappa shape index (κ3) is 2.48. The van der Waals surface area contributed by atoms with Gasteiger partial charge >= 0.3 is 0 Å². The van der Waals surface area contributed by atoms with E-state index in [2.05, 4.69) is 51.6 Å². The van der Waals surface area contributed by atoms with Crippen molar-refractivity contribution >= 4 is 21.6 Å². The van der Waals surface area contributed by atoms with Crippen molar-refractivity contribution in [3.8, 4) is 0 Å². The molecule has 0 bridgehead atoms. The van der Waals surface area contributed by atoms with Crippen molar-refractivity contribution in [3.63, 3.8) is 0 Å². The summed E-state index contributed by atoms with van der Waals surface area (Å²) in [5, 5.41) is 13.6. The van der Waals surface area contributed by atoms with Crippen LogP contribution >= 0.6 is 15.9 Å². The number of hydrogen-bond donors (Lipinski definition) is 2. The molecule has 1 aliphatic carbocycles. The van der Waals surface area contributed by atoms with Crippen molar-refractivity contribution in [1.82, 2.24) is 0 Å². The van der Waals surface area contributed by atoms with Crippen molar-refractivity contribution in [2.75, 3.05) is 11.9 Å². The van der Waals surface area contributed by atoms with E-state index in [0.29, 0.717) is 0 Å². The van der Waals surface area contributed by atoms with E-state index in [1.165, 1.54) is 11.1 Å². The van der Waals surface area contributed by atoms with Crippen LogP contribution in [0.2, 0.25) is 0 Å². The Hall–Kier alpha value is -1.32. The van der Waals surface area contributed by atoms with Crippen LogP contribution in [0.15, 0.2) is 53.0 Å². The van der Waals surface area contributed by atoms with Crippen LogP contribution in [0.5, 0.6) is 0 Å². The summed E-state index contributed by atoms with van der Waals surface area (Å²) in [7, 11) is 0. The van der Waals surface area contributed by atoms with Gasteiger partial charge in [-0.3, -0.25) is 0 Å². The molecule has 2 aromatic rings. The molecule has 0 radical (unpaired) electrons. The van der Waals surface area contributed by atoms with Crippen LogP contribution < -0.4 is 5.32 Å². The second-order valence-corrected chi connectivity index (χ2v) is 6.30. The molecular formula is C17H18BrNO. The fourth-order valence-corrected chi connectivity index (χ4v) is 3.50. The number of halogens is 1. The average Bonchev–Trinajstić information content (AvgIpc) is 2.47. The topological polar surface area (TPSA) is 32.3 Å². The van der Waals surface area contributed by atoms with Crippen molar-refractivity contribution in [2.24, 2.45) is 0 Å². The predicted octanol–water partition coefficient (Wildman–Crippen LogP) is 4.09. The van der Waals surface area contributed by atoms with Gasteiger partial charge in [-0.25, -0.2) is 0 Å². The summed E-state index contributed by atoms with van der Waals surface area (Å²) in [6.45, 7) is 0.108. The number of nitrogens with one attached hydrogen (secondary N) is 1. The van der Waals surface area contributed by atoms with Crippen LogP contribution in [-0.4, -0.2) is 11.7 Å². The van der Waals surface area contributed by atoms with Crippen molar-refractivity contribution in [2.45, 2.75) is 24.8 Å². The quantitative estimate of drug-likeness (QED) is 0.887. The molecule has 3 rings (SSSR count). The summed E-state index contributed by atoms with van der Waals surface area (Å²) in [5.74, 6) is 0. The highest BCUT2D eigenvalue weighted by Gasteiger charge is 2.35. The SMILES string of the molecule is OCC1(Nc2cccc(Br)c2)CCCc2ccccc21. The molecule has 3 heteroatoms. The molecule has 0 amide bonds. The Kier molecular flexibility index (Phi) is 3.81. The molecule has 0 aliphatic heterocycles. The highest BCUT2D eigenvalue weighted by atomic mass is 79.9. The fraction of sp³-hybridized carbons (Fsp3) is 0.294. The molecule has 1 unspecified atom stereocenters. The maximum Gasteiger partial charge on any atom is 0.0859 e. The zero-order valence-corrected chi connectivity index (χ0v) is 12.9. The Labute approximate surface area is 128 Å². The van der Waals surface area contributed by atoms with Crippen LogP contribution in [0.4, 0.5) is 5.69 Å². The predicted molar refractivity (Wildman–Crippen MR) is 85.9 cm³/mol. The maximum absolute atomic E-state index is 10.0. The highest BCUT2D eigenvalue weighted by Crippen LogP contribution is 2.38. The summed E-state index contributed by atoms with van der Waals surface area (Å²) in [5.41, 5.74) is 3.24. The molecule has 20 heavy (non-hydrogen) atoms. The second kappa shape index (κ2) is 5.58. The lowest BCUT2D eigenvalue weighted by Crippen LogP contribution is -2.42. The molecule has 0 fully saturated rings. The molecule has 0 spiro atoms. The van der Waals surface area contributed by atoms with Crippen LogP contribution in [0.1, 0.15) is 24.0 Å². The van der Waals surface area contributed by atoms with Gasteiger partial charge in [0, 0.05) is 10.2 Å². The van der Waals surface area contributed by atoms with E-state index in [0.717, 1.165) is 29.4 Å². The Morgan fingerprint density at radius 1 is 1.15 bits per heavy atom. The summed E-state index contributed by atoms with van der Waals surface area (Å²) >= 11 is 3.50. The van der Waals surface area contributed by atoms with E-state index in [9.17, 15) is 5.11 Å². The van der Waals surface area contributed by atoms with Crippen LogP contribution in [0, 0.1) is 0 Å². The minimum atomic E-state index is -0.365. The number of benzene rings is 2. The number of fused-ring (bicyclic) bond motifs is 1. The summed E-state index contributed by atoms with van der Waals surface area (Å²) in [6.07, 6.45) is 3.14. The molecule has 0 saturated carbocycles. The Morgan fingerprint density at radius 2 is 2.00 bits per heavy atom. The minimum absolute atomic E-state index is 0.108. The second-order valence-electron chi connectivity index (χ2n) is 5.39. The minimum Gasteiger partial charge on any atom is -0.394 e. The van der Waals surface area contributed by atoms with E-state index in [4.69, 9.17) is 0 Å². The van der Waals surface area contributed by atoms with Gasteiger partial charge < -0.3 is 10.4 Å². The zero-order chi connectivity index (χ0) is 14.0. The van der Waals surface area contributed by atoms with Crippen LogP contribution in [0.3, 0.4) is 0 Å². The van der Waals surface area contributed by atoms with Crippen LogP contribution in [-0.2, 0) is 12.0 Å². The molecule has 0 heterocycles.